The molecule has 0 saturated heterocycles. The van der Waals surface area contributed by atoms with E-state index in [9.17, 15) is 5.11 Å². The Morgan fingerprint density at radius 1 is 1.44 bits per heavy atom. The highest BCUT2D eigenvalue weighted by Crippen LogP contribution is 2.36. The van der Waals surface area contributed by atoms with Gasteiger partial charge in [0.2, 0.25) is 0 Å². The number of aromatic nitrogens is 3. The second kappa shape index (κ2) is 3.87. The molecule has 1 N–H and O–H groups in total. The van der Waals surface area contributed by atoms with Crippen LogP contribution in [0.1, 0.15) is 37.4 Å². The molecule has 0 spiro atoms. The van der Waals surface area contributed by atoms with Crippen molar-refractivity contribution in [1.29, 1.82) is 0 Å². The zero-order chi connectivity index (χ0) is 11.0. The number of fused-ring (bicyclic) bond motifs is 1. The first kappa shape index (κ1) is 9.78. The summed E-state index contributed by atoms with van der Waals surface area (Å²) in [4.78, 5) is 4.06. The van der Waals surface area contributed by atoms with Crippen molar-refractivity contribution in [1.82, 2.24) is 14.6 Å². The SMILES string of the molecule is OC(CCC1CC1)c1cnn2ccncc12. The molecule has 1 unspecified atom stereocenters. The van der Waals surface area contributed by atoms with Gasteiger partial charge in [-0.25, -0.2) is 4.52 Å². The third kappa shape index (κ3) is 1.80. The molecule has 16 heavy (non-hydrogen) atoms. The van der Waals surface area contributed by atoms with Gasteiger partial charge in [0.25, 0.3) is 0 Å². The van der Waals surface area contributed by atoms with Gasteiger partial charge in [0.05, 0.1) is 24.0 Å². The van der Waals surface area contributed by atoms with E-state index in [1.54, 1.807) is 29.3 Å². The van der Waals surface area contributed by atoms with E-state index in [1.807, 2.05) is 0 Å². The third-order valence-corrected chi connectivity index (χ3v) is 3.26. The van der Waals surface area contributed by atoms with E-state index < -0.39 is 6.10 Å². The molecular formula is C12H15N3O. The highest BCUT2D eigenvalue weighted by Gasteiger charge is 2.23. The summed E-state index contributed by atoms with van der Waals surface area (Å²) in [5.74, 6) is 0.856. The summed E-state index contributed by atoms with van der Waals surface area (Å²) in [7, 11) is 0. The van der Waals surface area contributed by atoms with Gasteiger partial charge in [-0.2, -0.15) is 5.10 Å². The van der Waals surface area contributed by atoms with E-state index in [2.05, 4.69) is 10.1 Å². The molecular weight excluding hydrogens is 202 g/mol. The Morgan fingerprint density at radius 2 is 2.31 bits per heavy atom. The Morgan fingerprint density at radius 3 is 3.12 bits per heavy atom. The van der Waals surface area contributed by atoms with Gasteiger partial charge in [-0.3, -0.25) is 4.98 Å². The molecule has 1 saturated carbocycles. The van der Waals surface area contributed by atoms with E-state index in [-0.39, 0.29) is 0 Å². The van der Waals surface area contributed by atoms with Gasteiger partial charge in [-0.15, -0.1) is 0 Å². The largest absolute Gasteiger partial charge is 0.388 e. The number of hydrogen-bond donors (Lipinski definition) is 1. The summed E-state index contributed by atoms with van der Waals surface area (Å²) >= 11 is 0. The fourth-order valence-electron chi connectivity index (χ4n) is 2.07. The third-order valence-electron chi connectivity index (χ3n) is 3.26. The quantitative estimate of drug-likeness (QED) is 0.851. The molecule has 1 atom stereocenters. The standard InChI is InChI=1S/C12H15N3O/c16-12(4-3-9-1-2-9)10-7-14-15-6-5-13-8-11(10)15/h5-9,12,16H,1-4H2. The monoisotopic (exact) mass is 217 g/mol. The molecule has 0 aromatic carbocycles. The summed E-state index contributed by atoms with van der Waals surface area (Å²) in [6.07, 6.45) is 11.2. The van der Waals surface area contributed by atoms with Crippen LogP contribution in [0.4, 0.5) is 0 Å². The number of hydrogen-bond acceptors (Lipinski definition) is 3. The van der Waals surface area contributed by atoms with E-state index in [4.69, 9.17) is 0 Å². The molecule has 0 radical (unpaired) electrons. The van der Waals surface area contributed by atoms with E-state index >= 15 is 0 Å². The Bertz CT molecular complexity index is 490. The predicted octanol–water partition coefficient (Wildman–Crippen LogP) is 1.95. The lowest BCUT2D eigenvalue weighted by atomic mass is 10.1. The lowest BCUT2D eigenvalue weighted by Gasteiger charge is -2.08. The highest BCUT2D eigenvalue weighted by atomic mass is 16.3. The lowest BCUT2D eigenvalue weighted by molar-refractivity contribution is 0.163. The van der Waals surface area contributed by atoms with Crippen molar-refractivity contribution >= 4 is 5.52 Å². The average Bonchev–Trinajstić information content (AvgIpc) is 3.04. The van der Waals surface area contributed by atoms with Crippen molar-refractivity contribution in [3.63, 3.8) is 0 Å². The van der Waals surface area contributed by atoms with Crippen molar-refractivity contribution in [3.8, 4) is 0 Å². The van der Waals surface area contributed by atoms with Gasteiger partial charge in [0.1, 0.15) is 0 Å². The number of rotatable bonds is 4. The number of nitrogens with zero attached hydrogens (tertiary/aromatic N) is 3. The molecule has 1 aliphatic carbocycles. The molecule has 84 valence electrons. The van der Waals surface area contributed by atoms with Crippen LogP contribution in [0.5, 0.6) is 0 Å². The van der Waals surface area contributed by atoms with Crippen LogP contribution in [0.2, 0.25) is 0 Å². The molecule has 1 fully saturated rings. The zero-order valence-corrected chi connectivity index (χ0v) is 9.08. The Balaban J connectivity index is 1.80. The van der Waals surface area contributed by atoms with E-state index in [0.29, 0.717) is 0 Å². The van der Waals surface area contributed by atoms with Crippen LogP contribution in [-0.2, 0) is 0 Å². The van der Waals surface area contributed by atoms with Crippen LogP contribution >= 0.6 is 0 Å². The molecule has 4 heteroatoms. The van der Waals surface area contributed by atoms with Crippen LogP contribution < -0.4 is 0 Å². The van der Waals surface area contributed by atoms with Gasteiger partial charge < -0.3 is 5.11 Å². The molecule has 0 aliphatic heterocycles. The predicted molar refractivity (Wildman–Crippen MR) is 59.9 cm³/mol. The second-order valence-electron chi connectivity index (χ2n) is 4.54. The summed E-state index contributed by atoms with van der Waals surface area (Å²) < 4.78 is 1.75. The molecule has 1 aliphatic rings. The summed E-state index contributed by atoms with van der Waals surface area (Å²) in [5, 5.41) is 14.3. The van der Waals surface area contributed by atoms with E-state index in [0.717, 1.165) is 29.8 Å². The summed E-state index contributed by atoms with van der Waals surface area (Å²) in [6.45, 7) is 0. The average molecular weight is 217 g/mol. The molecule has 0 bridgehead atoms. The van der Waals surface area contributed by atoms with Gasteiger partial charge in [-0.1, -0.05) is 12.8 Å². The van der Waals surface area contributed by atoms with E-state index in [1.165, 1.54) is 12.8 Å². The Kier molecular flexibility index (Phi) is 2.36. The highest BCUT2D eigenvalue weighted by molar-refractivity contribution is 5.52. The Hall–Kier alpha value is -1.42. The maximum Gasteiger partial charge on any atom is 0.0902 e. The minimum Gasteiger partial charge on any atom is -0.388 e. The fraction of sp³-hybridized carbons (Fsp3) is 0.500. The summed E-state index contributed by atoms with van der Waals surface area (Å²) in [6, 6.07) is 0. The number of aliphatic hydroxyl groups excluding tert-OH is 1. The molecule has 2 heterocycles. The maximum absolute atomic E-state index is 10.1. The molecule has 0 amide bonds. The van der Waals surface area contributed by atoms with Crippen molar-refractivity contribution in [2.45, 2.75) is 31.8 Å². The van der Waals surface area contributed by atoms with Gasteiger partial charge in [0.15, 0.2) is 0 Å². The lowest BCUT2D eigenvalue weighted by Crippen LogP contribution is -1.98. The molecule has 3 rings (SSSR count). The Labute approximate surface area is 93.9 Å². The van der Waals surface area contributed by atoms with Gasteiger partial charge in [-0.05, 0) is 18.8 Å². The van der Waals surface area contributed by atoms with Crippen LogP contribution in [0.25, 0.3) is 5.52 Å². The molecule has 4 nitrogen and oxygen atoms in total. The second-order valence-corrected chi connectivity index (χ2v) is 4.54. The zero-order valence-electron chi connectivity index (χ0n) is 9.08. The number of aliphatic hydroxyl groups is 1. The van der Waals surface area contributed by atoms with Gasteiger partial charge in [0, 0.05) is 18.0 Å². The van der Waals surface area contributed by atoms with Crippen molar-refractivity contribution < 1.29 is 5.11 Å². The van der Waals surface area contributed by atoms with Crippen LogP contribution in [0.15, 0.2) is 24.8 Å². The minimum absolute atomic E-state index is 0.401. The smallest absolute Gasteiger partial charge is 0.0902 e. The van der Waals surface area contributed by atoms with Crippen LogP contribution in [0, 0.1) is 5.92 Å². The van der Waals surface area contributed by atoms with Crippen molar-refractivity contribution in [3.05, 3.63) is 30.4 Å². The van der Waals surface area contributed by atoms with Crippen molar-refractivity contribution in [2.75, 3.05) is 0 Å². The minimum atomic E-state index is -0.401. The molecule has 2 aromatic heterocycles. The maximum atomic E-state index is 10.1. The van der Waals surface area contributed by atoms with Crippen LogP contribution in [0.3, 0.4) is 0 Å². The van der Waals surface area contributed by atoms with Crippen molar-refractivity contribution in [2.24, 2.45) is 5.92 Å². The first-order chi connectivity index (χ1) is 7.84. The van der Waals surface area contributed by atoms with Crippen LogP contribution in [-0.4, -0.2) is 19.7 Å². The van der Waals surface area contributed by atoms with Gasteiger partial charge >= 0.3 is 0 Å². The topological polar surface area (TPSA) is 50.4 Å². The molecule has 2 aromatic rings. The first-order valence-electron chi connectivity index (χ1n) is 5.80. The first-order valence-corrected chi connectivity index (χ1v) is 5.80. The normalized spacial score (nSPS) is 17.8. The summed E-state index contributed by atoms with van der Waals surface area (Å²) in [5.41, 5.74) is 1.81. The fourth-order valence-corrected chi connectivity index (χ4v) is 2.07.